The molecular formula is C11H12N2S. The Morgan fingerprint density at radius 2 is 1.86 bits per heavy atom. The summed E-state index contributed by atoms with van der Waals surface area (Å²) in [5, 5.41) is 2.06. The van der Waals surface area contributed by atoms with Gasteiger partial charge in [-0.3, -0.25) is 0 Å². The summed E-state index contributed by atoms with van der Waals surface area (Å²) >= 11 is 1.62. The summed E-state index contributed by atoms with van der Waals surface area (Å²) in [5.41, 5.74) is 5.30. The van der Waals surface area contributed by atoms with Crippen LogP contribution in [0.1, 0.15) is 0 Å². The molecule has 2 rings (SSSR count). The third-order valence-corrected chi connectivity index (χ3v) is 2.70. The van der Waals surface area contributed by atoms with Gasteiger partial charge in [0, 0.05) is 30.7 Å². The minimum atomic E-state index is 1.06. The largest absolute Gasteiger partial charge is 0.378 e. The molecule has 0 aliphatic heterocycles. The normalized spacial score (nSPS) is 10.1. The van der Waals surface area contributed by atoms with Crippen LogP contribution in [0.3, 0.4) is 0 Å². The van der Waals surface area contributed by atoms with Gasteiger partial charge in [0.1, 0.15) is 0 Å². The Labute approximate surface area is 87.8 Å². The Bertz CT molecular complexity index is 390. The quantitative estimate of drug-likeness (QED) is 0.747. The molecule has 0 radical (unpaired) electrons. The second kappa shape index (κ2) is 3.80. The van der Waals surface area contributed by atoms with Crippen molar-refractivity contribution in [3.05, 3.63) is 35.2 Å². The lowest BCUT2D eigenvalue weighted by molar-refractivity contribution is 1.13. The number of rotatable bonds is 2. The van der Waals surface area contributed by atoms with Crippen molar-refractivity contribution < 1.29 is 0 Å². The van der Waals surface area contributed by atoms with E-state index in [0.29, 0.717) is 0 Å². The summed E-state index contributed by atoms with van der Waals surface area (Å²) in [6.45, 7) is 0. The van der Waals surface area contributed by atoms with Gasteiger partial charge in [-0.1, -0.05) is 12.1 Å². The second-order valence-electron chi connectivity index (χ2n) is 3.31. The fourth-order valence-corrected chi connectivity index (χ4v) is 1.85. The number of benzene rings is 1. The zero-order chi connectivity index (χ0) is 9.97. The minimum Gasteiger partial charge on any atom is -0.378 e. The Kier molecular flexibility index (Phi) is 2.50. The van der Waals surface area contributed by atoms with Gasteiger partial charge in [0.25, 0.3) is 0 Å². The van der Waals surface area contributed by atoms with E-state index in [1.165, 1.54) is 11.3 Å². The van der Waals surface area contributed by atoms with E-state index in [1.807, 2.05) is 19.6 Å². The first-order valence-electron chi connectivity index (χ1n) is 4.43. The molecule has 0 saturated carbocycles. The molecule has 0 amide bonds. The van der Waals surface area contributed by atoms with Gasteiger partial charge < -0.3 is 4.90 Å². The van der Waals surface area contributed by atoms with Crippen LogP contribution in [0.4, 0.5) is 5.69 Å². The molecule has 0 bridgehead atoms. The maximum atomic E-state index is 4.27. The summed E-state index contributed by atoms with van der Waals surface area (Å²) in [6.07, 6.45) is 0. The van der Waals surface area contributed by atoms with Crippen LogP contribution >= 0.6 is 11.3 Å². The third kappa shape index (κ3) is 1.77. The lowest BCUT2D eigenvalue weighted by Gasteiger charge is -2.12. The van der Waals surface area contributed by atoms with E-state index in [9.17, 15) is 0 Å². The number of thiazole rings is 1. The van der Waals surface area contributed by atoms with Crippen LogP contribution in [-0.2, 0) is 0 Å². The third-order valence-electron chi connectivity index (χ3n) is 2.11. The average molecular weight is 204 g/mol. The zero-order valence-electron chi connectivity index (χ0n) is 8.27. The van der Waals surface area contributed by atoms with Gasteiger partial charge in [0.2, 0.25) is 0 Å². The summed E-state index contributed by atoms with van der Waals surface area (Å²) in [4.78, 5) is 6.35. The van der Waals surface area contributed by atoms with Crippen molar-refractivity contribution in [2.45, 2.75) is 0 Å². The molecule has 1 aromatic heterocycles. The van der Waals surface area contributed by atoms with Crippen LogP contribution in [0, 0.1) is 0 Å². The first-order valence-corrected chi connectivity index (χ1v) is 5.37. The standard InChI is InChI=1S/C11H12N2S/c1-13(2)10-5-3-9(4-6-10)11-7-14-8-12-11/h3-8H,1-2H3. The highest BCUT2D eigenvalue weighted by Crippen LogP contribution is 2.21. The smallest absolute Gasteiger partial charge is 0.0811 e. The number of hydrogen-bond donors (Lipinski definition) is 0. The predicted octanol–water partition coefficient (Wildman–Crippen LogP) is 2.88. The minimum absolute atomic E-state index is 1.06. The number of hydrogen-bond acceptors (Lipinski definition) is 3. The lowest BCUT2D eigenvalue weighted by Crippen LogP contribution is -2.07. The SMILES string of the molecule is CN(C)c1ccc(-c2cscn2)cc1. The average Bonchev–Trinajstić information content (AvgIpc) is 2.71. The summed E-state index contributed by atoms with van der Waals surface area (Å²) in [7, 11) is 4.08. The van der Waals surface area contributed by atoms with E-state index in [2.05, 4.69) is 39.5 Å². The van der Waals surface area contributed by atoms with E-state index in [-0.39, 0.29) is 0 Å². The van der Waals surface area contributed by atoms with Crippen molar-refractivity contribution in [2.24, 2.45) is 0 Å². The van der Waals surface area contributed by atoms with Crippen LogP contribution in [0.5, 0.6) is 0 Å². The molecule has 1 aromatic carbocycles. The molecule has 1 heterocycles. The van der Waals surface area contributed by atoms with Gasteiger partial charge in [-0.15, -0.1) is 11.3 Å². The number of aromatic nitrogens is 1. The first-order chi connectivity index (χ1) is 6.77. The van der Waals surface area contributed by atoms with E-state index in [1.54, 1.807) is 11.3 Å². The molecule has 3 heteroatoms. The van der Waals surface area contributed by atoms with E-state index in [0.717, 1.165) is 5.69 Å². The van der Waals surface area contributed by atoms with E-state index >= 15 is 0 Å². The Morgan fingerprint density at radius 3 is 2.36 bits per heavy atom. The van der Waals surface area contributed by atoms with Crippen molar-refractivity contribution in [3.8, 4) is 11.3 Å². The Hall–Kier alpha value is -1.35. The van der Waals surface area contributed by atoms with Crippen LogP contribution in [-0.4, -0.2) is 19.1 Å². The van der Waals surface area contributed by atoms with Crippen molar-refractivity contribution >= 4 is 17.0 Å². The van der Waals surface area contributed by atoms with Crippen molar-refractivity contribution in [2.75, 3.05) is 19.0 Å². The van der Waals surface area contributed by atoms with E-state index < -0.39 is 0 Å². The molecule has 0 unspecified atom stereocenters. The maximum Gasteiger partial charge on any atom is 0.0811 e. The second-order valence-corrected chi connectivity index (χ2v) is 4.03. The maximum absolute atomic E-state index is 4.27. The molecule has 0 N–H and O–H groups in total. The van der Waals surface area contributed by atoms with Gasteiger partial charge in [-0.25, -0.2) is 4.98 Å². The lowest BCUT2D eigenvalue weighted by atomic mass is 10.1. The van der Waals surface area contributed by atoms with Gasteiger partial charge in [0.15, 0.2) is 0 Å². The Morgan fingerprint density at radius 1 is 1.14 bits per heavy atom. The molecule has 0 fully saturated rings. The molecule has 2 aromatic rings. The van der Waals surface area contributed by atoms with Crippen LogP contribution in [0.2, 0.25) is 0 Å². The molecule has 0 aliphatic rings. The molecule has 72 valence electrons. The summed E-state index contributed by atoms with van der Waals surface area (Å²) in [6, 6.07) is 8.41. The molecule has 0 saturated heterocycles. The fourth-order valence-electron chi connectivity index (χ4n) is 1.29. The molecule has 0 aliphatic carbocycles. The van der Waals surface area contributed by atoms with Crippen LogP contribution in [0.25, 0.3) is 11.3 Å². The molecule has 14 heavy (non-hydrogen) atoms. The molecular weight excluding hydrogens is 192 g/mol. The highest BCUT2D eigenvalue weighted by molar-refractivity contribution is 7.07. The number of nitrogens with zero attached hydrogens (tertiary/aromatic N) is 2. The number of anilines is 1. The van der Waals surface area contributed by atoms with Crippen molar-refractivity contribution in [3.63, 3.8) is 0 Å². The molecule has 2 nitrogen and oxygen atoms in total. The Balaban J connectivity index is 2.31. The predicted molar refractivity (Wildman–Crippen MR) is 61.9 cm³/mol. The fraction of sp³-hybridized carbons (Fsp3) is 0.182. The summed E-state index contributed by atoms with van der Waals surface area (Å²) < 4.78 is 0. The van der Waals surface area contributed by atoms with Gasteiger partial charge in [-0.2, -0.15) is 0 Å². The molecule has 0 atom stereocenters. The van der Waals surface area contributed by atoms with Crippen LogP contribution < -0.4 is 4.90 Å². The van der Waals surface area contributed by atoms with Gasteiger partial charge in [-0.05, 0) is 12.1 Å². The zero-order valence-corrected chi connectivity index (χ0v) is 9.08. The van der Waals surface area contributed by atoms with E-state index in [4.69, 9.17) is 0 Å². The van der Waals surface area contributed by atoms with Crippen molar-refractivity contribution in [1.82, 2.24) is 4.98 Å². The summed E-state index contributed by atoms with van der Waals surface area (Å²) in [5.74, 6) is 0. The highest BCUT2D eigenvalue weighted by atomic mass is 32.1. The van der Waals surface area contributed by atoms with Gasteiger partial charge >= 0.3 is 0 Å². The van der Waals surface area contributed by atoms with Crippen molar-refractivity contribution in [1.29, 1.82) is 0 Å². The monoisotopic (exact) mass is 204 g/mol. The topological polar surface area (TPSA) is 16.1 Å². The van der Waals surface area contributed by atoms with Gasteiger partial charge in [0.05, 0.1) is 11.2 Å². The first kappa shape index (κ1) is 9.21. The van der Waals surface area contributed by atoms with Crippen LogP contribution in [0.15, 0.2) is 35.2 Å². The highest BCUT2D eigenvalue weighted by Gasteiger charge is 1.99. The molecule has 0 spiro atoms.